The molecular weight excluding hydrogens is 369 g/mol. The number of rotatable bonds is 3. The molecule has 0 atom stereocenters. The van der Waals surface area contributed by atoms with Crippen molar-refractivity contribution < 1.29 is 18.7 Å². The standard InChI is InChI=1S/C21H13ClFNO3/c1-11-2-5-17-13(8-11)14(21(25)26)10-18(24-17)20-7-6-19(27-20)12-3-4-16(23)15(22)9-12/h2-10H,1H3,(H,25,26). The summed E-state index contributed by atoms with van der Waals surface area (Å²) in [7, 11) is 0. The molecule has 0 saturated heterocycles. The number of hydrogen-bond donors (Lipinski definition) is 1. The van der Waals surface area contributed by atoms with Crippen LogP contribution in [0.5, 0.6) is 0 Å². The van der Waals surface area contributed by atoms with Crippen LogP contribution in [0.25, 0.3) is 33.7 Å². The first-order chi connectivity index (χ1) is 12.9. The summed E-state index contributed by atoms with van der Waals surface area (Å²) in [6.45, 7) is 1.89. The highest BCUT2D eigenvalue weighted by Gasteiger charge is 2.16. The van der Waals surface area contributed by atoms with Gasteiger partial charge in [0.25, 0.3) is 0 Å². The summed E-state index contributed by atoms with van der Waals surface area (Å²) in [5, 5.41) is 10.1. The van der Waals surface area contributed by atoms with Gasteiger partial charge in [0, 0.05) is 10.9 Å². The van der Waals surface area contributed by atoms with Crippen molar-refractivity contribution in [2.45, 2.75) is 6.92 Å². The Morgan fingerprint density at radius 1 is 1.07 bits per heavy atom. The second-order valence-corrected chi connectivity index (χ2v) is 6.58. The van der Waals surface area contributed by atoms with Crippen molar-refractivity contribution in [3.63, 3.8) is 0 Å². The highest BCUT2D eigenvalue weighted by Crippen LogP contribution is 2.32. The van der Waals surface area contributed by atoms with Crippen LogP contribution < -0.4 is 0 Å². The number of pyridine rings is 1. The van der Waals surface area contributed by atoms with Crippen LogP contribution in [-0.2, 0) is 0 Å². The van der Waals surface area contributed by atoms with Crippen LogP contribution in [0.2, 0.25) is 5.02 Å². The average Bonchev–Trinajstić information content (AvgIpc) is 3.13. The summed E-state index contributed by atoms with van der Waals surface area (Å²) in [4.78, 5) is 16.2. The molecule has 0 unspecified atom stereocenters. The summed E-state index contributed by atoms with van der Waals surface area (Å²) >= 11 is 5.83. The summed E-state index contributed by atoms with van der Waals surface area (Å²) in [5.74, 6) is -0.652. The molecule has 134 valence electrons. The number of benzene rings is 2. The molecule has 0 aliphatic rings. The van der Waals surface area contributed by atoms with Gasteiger partial charge in [-0.1, -0.05) is 23.2 Å². The molecule has 2 aromatic heterocycles. The molecule has 0 spiro atoms. The van der Waals surface area contributed by atoms with Gasteiger partial charge in [-0.2, -0.15) is 0 Å². The van der Waals surface area contributed by atoms with E-state index in [2.05, 4.69) is 4.98 Å². The highest BCUT2D eigenvalue weighted by atomic mass is 35.5. The summed E-state index contributed by atoms with van der Waals surface area (Å²) in [5.41, 5.74) is 2.69. The normalized spacial score (nSPS) is 11.1. The fourth-order valence-electron chi connectivity index (χ4n) is 2.92. The van der Waals surface area contributed by atoms with Crippen LogP contribution >= 0.6 is 11.6 Å². The van der Waals surface area contributed by atoms with E-state index in [0.717, 1.165) is 5.56 Å². The van der Waals surface area contributed by atoms with Gasteiger partial charge in [-0.3, -0.25) is 0 Å². The monoisotopic (exact) mass is 381 g/mol. The number of fused-ring (bicyclic) bond motifs is 1. The van der Waals surface area contributed by atoms with Gasteiger partial charge in [0.15, 0.2) is 5.76 Å². The SMILES string of the molecule is Cc1ccc2nc(-c3ccc(-c4ccc(F)c(Cl)c4)o3)cc(C(=O)O)c2c1. The molecule has 2 aromatic carbocycles. The molecule has 4 aromatic rings. The van der Waals surface area contributed by atoms with Crippen molar-refractivity contribution in [3.05, 3.63) is 76.6 Å². The number of nitrogens with zero attached hydrogens (tertiary/aromatic N) is 1. The summed E-state index contributed by atoms with van der Waals surface area (Å²) < 4.78 is 19.2. The van der Waals surface area contributed by atoms with Gasteiger partial charge in [0.1, 0.15) is 17.3 Å². The van der Waals surface area contributed by atoms with Gasteiger partial charge in [-0.05, 0) is 55.5 Å². The molecule has 0 amide bonds. The lowest BCUT2D eigenvalue weighted by Gasteiger charge is -2.06. The molecule has 4 nitrogen and oxygen atoms in total. The molecule has 1 N–H and O–H groups in total. The molecule has 0 saturated carbocycles. The molecule has 0 bridgehead atoms. The first-order valence-electron chi connectivity index (χ1n) is 8.13. The minimum Gasteiger partial charge on any atom is -0.478 e. The fraction of sp³-hybridized carbons (Fsp3) is 0.0476. The number of furan rings is 1. The van der Waals surface area contributed by atoms with Crippen LogP contribution in [0.3, 0.4) is 0 Å². The molecular formula is C21H13ClFNO3. The Labute approximate surface area is 158 Å². The van der Waals surface area contributed by atoms with Crippen LogP contribution in [0.4, 0.5) is 4.39 Å². The van der Waals surface area contributed by atoms with Crippen molar-refractivity contribution in [3.8, 4) is 22.8 Å². The molecule has 27 heavy (non-hydrogen) atoms. The third-order valence-electron chi connectivity index (χ3n) is 4.26. The Bertz CT molecular complexity index is 1200. The Balaban J connectivity index is 1.83. The van der Waals surface area contributed by atoms with Crippen molar-refractivity contribution in [2.24, 2.45) is 0 Å². The predicted octanol–water partition coefficient (Wildman–Crippen LogP) is 5.96. The third-order valence-corrected chi connectivity index (χ3v) is 4.55. The number of carbonyl (C=O) groups is 1. The van der Waals surface area contributed by atoms with Crippen LogP contribution in [-0.4, -0.2) is 16.1 Å². The number of hydrogen-bond acceptors (Lipinski definition) is 3. The van der Waals surface area contributed by atoms with E-state index in [4.69, 9.17) is 16.0 Å². The number of carboxylic acid groups (broad SMARTS) is 1. The average molecular weight is 382 g/mol. The predicted molar refractivity (Wildman–Crippen MR) is 102 cm³/mol. The van der Waals surface area contributed by atoms with E-state index in [9.17, 15) is 14.3 Å². The minimum absolute atomic E-state index is 0.00202. The zero-order chi connectivity index (χ0) is 19.1. The minimum atomic E-state index is -1.04. The maximum Gasteiger partial charge on any atom is 0.336 e. The maximum absolute atomic E-state index is 13.4. The van der Waals surface area contributed by atoms with E-state index in [1.807, 2.05) is 13.0 Å². The lowest BCUT2D eigenvalue weighted by Crippen LogP contribution is -2.00. The van der Waals surface area contributed by atoms with Crippen LogP contribution in [0.1, 0.15) is 15.9 Å². The quantitative estimate of drug-likeness (QED) is 0.475. The first-order valence-corrected chi connectivity index (χ1v) is 8.50. The summed E-state index contributed by atoms with van der Waals surface area (Å²) in [6, 6.07) is 14.6. The number of halogens is 2. The molecule has 0 aliphatic carbocycles. The van der Waals surface area contributed by atoms with Crippen LogP contribution in [0, 0.1) is 12.7 Å². The fourth-order valence-corrected chi connectivity index (χ4v) is 3.10. The van der Waals surface area contributed by atoms with Gasteiger partial charge < -0.3 is 9.52 Å². The Morgan fingerprint density at radius 2 is 1.85 bits per heavy atom. The second kappa shape index (κ2) is 6.52. The maximum atomic E-state index is 13.4. The van der Waals surface area contributed by atoms with Crippen LogP contribution in [0.15, 0.2) is 59.0 Å². The molecule has 0 aliphatic heterocycles. The molecule has 6 heteroatoms. The van der Waals surface area contributed by atoms with Crippen molar-refractivity contribution in [1.29, 1.82) is 0 Å². The zero-order valence-electron chi connectivity index (χ0n) is 14.2. The third kappa shape index (κ3) is 3.17. The Kier molecular flexibility index (Phi) is 4.16. The zero-order valence-corrected chi connectivity index (χ0v) is 14.9. The first kappa shape index (κ1) is 17.2. The van der Waals surface area contributed by atoms with E-state index < -0.39 is 11.8 Å². The molecule has 2 heterocycles. The van der Waals surface area contributed by atoms with E-state index in [1.165, 1.54) is 18.2 Å². The topological polar surface area (TPSA) is 63.3 Å². The molecule has 4 rings (SSSR count). The highest BCUT2D eigenvalue weighted by molar-refractivity contribution is 6.31. The molecule has 0 radical (unpaired) electrons. The summed E-state index contributed by atoms with van der Waals surface area (Å²) in [6.07, 6.45) is 0. The van der Waals surface area contributed by atoms with E-state index >= 15 is 0 Å². The number of aromatic carboxylic acids is 1. The van der Waals surface area contributed by atoms with Crippen molar-refractivity contribution in [2.75, 3.05) is 0 Å². The Hall–Kier alpha value is -3.18. The van der Waals surface area contributed by atoms with Gasteiger partial charge in [0.05, 0.1) is 16.1 Å². The van der Waals surface area contributed by atoms with Crippen molar-refractivity contribution >= 4 is 28.5 Å². The smallest absolute Gasteiger partial charge is 0.336 e. The van der Waals surface area contributed by atoms with Gasteiger partial charge in [-0.15, -0.1) is 0 Å². The van der Waals surface area contributed by atoms with Crippen molar-refractivity contribution in [1.82, 2.24) is 4.98 Å². The lowest BCUT2D eigenvalue weighted by atomic mass is 10.0. The van der Waals surface area contributed by atoms with Gasteiger partial charge >= 0.3 is 5.97 Å². The largest absolute Gasteiger partial charge is 0.478 e. The Morgan fingerprint density at radius 3 is 2.59 bits per heavy atom. The molecule has 0 fully saturated rings. The second-order valence-electron chi connectivity index (χ2n) is 6.17. The van der Waals surface area contributed by atoms with Gasteiger partial charge in [0.2, 0.25) is 0 Å². The van der Waals surface area contributed by atoms with E-state index in [-0.39, 0.29) is 10.6 Å². The van der Waals surface area contributed by atoms with Gasteiger partial charge in [-0.25, -0.2) is 14.2 Å². The number of aromatic nitrogens is 1. The number of carboxylic acids is 1. The number of aryl methyl sites for hydroxylation is 1. The van der Waals surface area contributed by atoms with E-state index in [1.54, 1.807) is 30.3 Å². The lowest BCUT2D eigenvalue weighted by molar-refractivity contribution is 0.0699. The van der Waals surface area contributed by atoms with E-state index in [0.29, 0.717) is 33.7 Å².